The average Bonchev–Trinajstić information content (AvgIpc) is 2.80. The minimum Gasteiger partial charge on any atom is -0.311 e. The van der Waals surface area contributed by atoms with Crippen molar-refractivity contribution in [1.29, 1.82) is 0 Å². The van der Waals surface area contributed by atoms with Gasteiger partial charge < -0.3 is 10.2 Å². The third-order valence-corrected chi connectivity index (χ3v) is 4.00. The molecule has 0 spiro atoms. The van der Waals surface area contributed by atoms with Crippen LogP contribution in [-0.4, -0.2) is 36.6 Å². The highest BCUT2D eigenvalue weighted by Crippen LogP contribution is 2.33. The van der Waals surface area contributed by atoms with Crippen LogP contribution in [0.5, 0.6) is 0 Å². The molecule has 0 aliphatic carbocycles. The first-order valence-corrected chi connectivity index (χ1v) is 6.81. The van der Waals surface area contributed by atoms with Crippen molar-refractivity contribution < 1.29 is 0 Å². The van der Waals surface area contributed by atoms with Gasteiger partial charge in [0, 0.05) is 18.6 Å². The van der Waals surface area contributed by atoms with Gasteiger partial charge in [-0.2, -0.15) is 0 Å². The zero-order valence-corrected chi connectivity index (χ0v) is 10.3. The fraction of sp³-hybridized carbons (Fsp3) is 1.00. The minimum atomic E-state index is 0.853. The molecule has 0 saturated carbocycles. The summed E-state index contributed by atoms with van der Waals surface area (Å²) in [6.07, 6.45) is 6.90. The molecular formula is C13H26N2. The second kappa shape index (κ2) is 5.31. The van der Waals surface area contributed by atoms with E-state index in [1.165, 1.54) is 51.7 Å². The molecule has 0 aromatic rings. The lowest BCUT2D eigenvalue weighted by molar-refractivity contribution is 0.211. The van der Waals surface area contributed by atoms with Crippen molar-refractivity contribution >= 4 is 0 Å². The van der Waals surface area contributed by atoms with Gasteiger partial charge in [0.05, 0.1) is 0 Å². The quantitative estimate of drug-likeness (QED) is 0.723. The fourth-order valence-electron chi connectivity index (χ4n) is 3.40. The summed E-state index contributed by atoms with van der Waals surface area (Å²) in [5.74, 6) is 0.946. The highest BCUT2D eigenvalue weighted by molar-refractivity contribution is 4.98. The van der Waals surface area contributed by atoms with E-state index in [9.17, 15) is 0 Å². The molecule has 2 bridgehead atoms. The Labute approximate surface area is 94.4 Å². The summed E-state index contributed by atoms with van der Waals surface area (Å²) in [7, 11) is 0. The molecule has 3 unspecified atom stereocenters. The van der Waals surface area contributed by atoms with Gasteiger partial charge in [0.2, 0.25) is 0 Å². The van der Waals surface area contributed by atoms with Crippen LogP contribution in [0.15, 0.2) is 0 Å². The molecule has 0 radical (unpaired) electrons. The van der Waals surface area contributed by atoms with Crippen LogP contribution in [0.4, 0.5) is 0 Å². The van der Waals surface area contributed by atoms with Crippen LogP contribution in [0, 0.1) is 5.92 Å². The Morgan fingerprint density at radius 2 is 1.87 bits per heavy atom. The SMILES string of the molecule is CCCN(CCC)CC1CC2CCC1N2. The van der Waals surface area contributed by atoms with Gasteiger partial charge in [-0.15, -0.1) is 0 Å². The third-order valence-electron chi connectivity index (χ3n) is 4.00. The lowest BCUT2D eigenvalue weighted by Gasteiger charge is -2.28. The topological polar surface area (TPSA) is 15.3 Å². The van der Waals surface area contributed by atoms with E-state index in [0.717, 1.165) is 18.0 Å². The summed E-state index contributed by atoms with van der Waals surface area (Å²) in [6, 6.07) is 1.72. The van der Waals surface area contributed by atoms with Gasteiger partial charge in [-0.05, 0) is 51.1 Å². The van der Waals surface area contributed by atoms with Gasteiger partial charge in [0.1, 0.15) is 0 Å². The number of nitrogens with zero attached hydrogens (tertiary/aromatic N) is 1. The summed E-state index contributed by atoms with van der Waals surface area (Å²) in [5, 5.41) is 3.74. The second-order valence-electron chi connectivity index (χ2n) is 5.34. The van der Waals surface area contributed by atoms with Crippen LogP contribution in [-0.2, 0) is 0 Å². The molecule has 2 aliphatic rings. The zero-order valence-electron chi connectivity index (χ0n) is 10.3. The van der Waals surface area contributed by atoms with Crippen LogP contribution < -0.4 is 5.32 Å². The van der Waals surface area contributed by atoms with Crippen LogP contribution in [0.2, 0.25) is 0 Å². The monoisotopic (exact) mass is 210 g/mol. The molecule has 1 N–H and O–H groups in total. The van der Waals surface area contributed by atoms with Gasteiger partial charge in [0.15, 0.2) is 0 Å². The van der Waals surface area contributed by atoms with E-state index >= 15 is 0 Å². The Morgan fingerprint density at radius 3 is 2.33 bits per heavy atom. The van der Waals surface area contributed by atoms with E-state index < -0.39 is 0 Å². The molecule has 2 rings (SSSR count). The first kappa shape index (κ1) is 11.4. The fourth-order valence-corrected chi connectivity index (χ4v) is 3.40. The summed E-state index contributed by atoms with van der Waals surface area (Å²) in [4.78, 5) is 2.67. The highest BCUT2D eigenvalue weighted by atomic mass is 15.1. The lowest BCUT2D eigenvalue weighted by atomic mass is 9.89. The second-order valence-corrected chi connectivity index (χ2v) is 5.34. The predicted molar refractivity (Wildman–Crippen MR) is 65.1 cm³/mol. The molecule has 15 heavy (non-hydrogen) atoms. The number of fused-ring (bicyclic) bond motifs is 2. The van der Waals surface area contributed by atoms with Crippen LogP contribution >= 0.6 is 0 Å². The normalized spacial score (nSPS) is 34.2. The molecule has 2 heteroatoms. The molecule has 2 nitrogen and oxygen atoms in total. The first-order valence-electron chi connectivity index (χ1n) is 6.81. The summed E-state index contributed by atoms with van der Waals surface area (Å²) in [6.45, 7) is 8.52. The van der Waals surface area contributed by atoms with Crippen molar-refractivity contribution in [2.45, 2.75) is 58.0 Å². The number of nitrogens with one attached hydrogen (secondary N) is 1. The van der Waals surface area contributed by atoms with Gasteiger partial charge >= 0.3 is 0 Å². The number of hydrogen-bond donors (Lipinski definition) is 1. The van der Waals surface area contributed by atoms with E-state index in [0.29, 0.717) is 0 Å². The Morgan fingerprint density at radius 1 is 1.13 bits per heavy atom. The van der Waals surface area contributed by atoms with E-state index in [2.05, 4.69) is 24.1 Å². The Kier molecular flexibility index (Phi) is 4.04. The third kappa shape index (κ3) is 2.73. The van der Waals surface area contributed by atoms with Crippen LogP contribution in [0.1, 0.15) is 46.0 Å². The van der Waals surface area contributed by atoms with Gasteiger partial charge in [0.25, 0.3) is 0 Å². The number of hydrogen-bond acceptors (Lipinski definition) is 2. The molecule has 88 valence electrons. The predicted octanol–water partition coefficient (Wildman–Crippen LogP) is 2.25. The van der Waals surface area contributed by atoms with E-state index in [-0.39, 0.29) is 0 Å². The average molecular weight is 210 g/mol. The van der Waals surface area contributed by atoms with Crippen molar-refractivity contribution in [2.24, 2.45) is 5.92 Å². The lowest BCUT2D eigenvalue weighted by Crippen LogP contribution is -2.36. The van der Waals surface area contributed by atoms with Gasteiger partial charge in [-0.25, -0.2) is 0 Å². The molecule has 2 fully saturated rings. The standard InChI is InChI=1S/C13H26N2/c1-3-7-15(8-4-2)10-11-9-12-5-6-13(11)14-12/h11-14H,3-10H2,1-2H3. The summed E-state index contributed by atoms with van der Waals surface area (Å²) >= 11 is 0. The maximum Gasteiger partial charge on any atom is 0.0111 e. The van der Waals surface area contributed by atoms with E-state index in [1.807, 2.05) is 0 Å². The molecule has 3 atom stereocenters. The summed E-state index contributed by atoms with van der Waals surface area (Å²) in [5.41, 5.74) is 0. The first-order chi connectivity index (χ1) is 7.33. The smallest absolute Gasteiger partial charge is 0.0111 e. The number of rotatable bonds is 6. The Balaban J connectivity index is 1.78. The zero-order chi connectivity index (χ0) is 10.7. The van der Waals surface area contributed by atoms with E-state index in [1.54, 1.807) is 0 Å². The van der Waals surface area contributed by atoms with Crippen LogP contribution in [0.3, 0.4) is 0 Å². The molecular weight excluding hydrogens is 184 g/mol. The Bertz CT molecular complexity index is 187. The van der Waals surface area contributed by atoms with Crippen molar-refractivity contribution in [1.82, 2.24) is 10.2 Å². The molecule has 2 aliphatic heterocycles. The largest absolute Gasteiger partial charge is 0.311 e. The van der Waals surface area contributed by atoms with Gasteiger partial charge in [-0.1, -0.05) is 13.8 Å². The molecule has 0 amide bonds. The maximum absolute atomic E-state index is 3.74. The molecule has 2 saturated heterocycles. The molecule has 0 aromatic carbocycles. The molecule has 2 heterocycles. The van der Waals surface area contributed by atoms with Crippen molar-refractivity contribution in [3.63, 3.8) is 0 Å². The molecule has 0 aromatic heterocycles. The van der Waals surface area contributed by atoms with Crippen LogP contribution in [0.25, 0.3) is 0 Å². The van der Waals surface area contributed by atoms with Gasteiger partial charge in [-0.3, -0.25) is 0 Å². The van der Waals surface area contributed by atoms with Crippen molar-refractivity contribution in [3.05, 3.63) is 0 Å². The highest BCUT2D eigenvalue weighted by Gasteiger charge is 2.39. The maximum atomic E-state index is 3.74. The summed E-state index contributed by atoms with van der Waals surface area (Å²) < 4.78 is 0. The Hall–Kier alpha value is -0.0800. The minimum absolute atomic E-state index is 0.853. The van der Waals surface area contributed by atoms with Crippen molar-refractivity contribution in [3.8, 4) is 0 Å². The van der Waals surface area contributed by atoms with E-state index in [4.69, 9.17) is 0 Å². The van der Waals surface area contributed by atoms with Crippen molar-refractivity contribution in [2.75, 3.05) is 19.6 Å².